The number of hydrogen-bond donors (Lipinski definition) is 2. The molecule has 0 saturated heterocycles. The first-order valence-corrected chi connectivity index (χ1v) is 6.57. The Balaban J connectivity index is 2.66. The molecule has 1 aromatic carbocycles. The highest BCUT2D eigenvalue weighted by molar-refractivity contribution is 8.00. The summed E-state index contributed by atoms with van der Waals surface area (Å²) in [6.07, 6.45) is -1.29. The SMILES string of the molecule is C[C@H](OC(=O)c1ccc(SC(F)(F)F)cc1)C(=O)NC(N)=O. The van der Waals surface area contributed by atoms with Gasteiger partial charge in [0.05, 0.1) is 5.56 Å². The van der Waals surface area contributed by atoms with E-state index in [1.807, 2.05) is 0 Å². The number of alkyl halides is 3. The van der Waals surface area contributed by atoms with Crippen LogP contribution in [-0.2, 0) is 9.53 Å². The number of thioether (sulfide) groups is 1. The maximum Gasteiger partial charge on any atom is 0.446 e. The Hall–Kier alpha value is -2.23. The number of halogens is 3. The second-order valence-electron chi connectivity index (χ2n) is 3.97. The third-order valence-electron chi connectivity index (χ3n) is 2.22. The van der Waals surface area contributed by atoms with E-state index in [9.17, 15) is 27.6 Å². The van der Waals surface area contributed by atoms with Gasteiger partial charge in [-0.3, -0.25) is 10.1 Å². The van der Waals surface area contributed by atoms with Gasteiger partial charge >= 0.3 is 17.5 Å². The molecule has 0 bridgehead atoms. The molecule has 1 rings (SSSR count). The molecule has 0 aliphatic carbocycles. The fourth-order valence-electron chi connectivity index (χ4n) is 1.30. The first-order valence-electron chi connectivity index (χ1n) is 5.75. The monoisotopic (exact) mass is 336 g/mol. The van der Waals surface area contributed by atoms with Crippen molar-refractivity contribution in [1.82, 2.24) is 5.32 Å². The van der Waals surface area contributed by atoms with E-state index in [-0.39, 0.29) is 22.2 Å². The number of carbonyl (C=O) groups is 3. The molecular formula is C12H11F3N2O4S. The van der Waals surface area contributed by atoms with Crippen molar-refractivity contribution in [2.45, 2.75) is 23.4 Å². The highest BCUT2D eigenvalue weighted by atomic mass is 32.2. The highest BCUT2D eigenvalue weighted by Gasteiger charge is 2.29. The summed E-state index contributed by atoms with van der Waals surface area (Å²) in [6, 6.07) is 3.37. The first kappa shape index (κ1) is 17.8. The van der Waals surface area contributed by atoms with Crippen molar-refractivity contribution in [2.24, 2.45) is 5.73 Å². The molecule has 0 radical (unpaired) electrons. The molecule has 1 aromatic rings. The molecule has 120 valence electrons. The molecule has 0 unspecified atom stereocenters. The molecule has 0 fully saturated rings. The number of primary amides is 1. The van der Waals surface area contributed by atoms with Crippen molar-refractivity contribution >= 4 is 29.7 Å². The molecule has 3 amide bonds. The molecule has 1 atom stereocenters. The van der Waals surface area contributed by atoms with Gasteiger partial charge in [0.2, 0.25) is 0 Å². The number of imide groups is 1. The van der Waals surface area contributed by atoms with Crippen molar-refractivity contribution < 1.29 is 32.3 Å². The molecule has 10 heteroatoms. The molecule has 0 spiro atoms. The van der Waals surface area contributed by atoms with Crippen LogP contribution in [0.4, 0.5) is 18.0 Å². The number of nitrogens with two attached hydrogens (primary N) is 1. The van der Waals surface area contributed by atoms with E-state index in [2.05, 4.69) is 0 Å². The zero-order chi connectivity index (χ0) is 16.9. The molecule has 0 aliphatic heterocycles. The van der Waals surface area contributed by atoms with E-state index >= 15 is 0 Å². The van der Waals surface area contributed by atoms with Gasteiger partial charge in [-0.05, 0) is 43.0 Å². The third-order valence-corrected chi connectivity index (χ3v) is 2.96. The summed E-state index contributed by atoms with van der Waals surface area (Å²) >= 11 is -0.321. The van der Waals surface area contributed by atoms with Crippen molar-refractivity contribution in [3.63, 3.8) is 0 Å². The Kier molecular flexibility index (Phi) is 5.80. The number of esters is 1. The number of carbonyl (C=O) groups excluding carboxylic acids is 3. The van der Waals surface area contributed by atoms with E-state index in [1.165, 1.54) is 6.92 Å². The zero-order valence-corrected chi connectivity index (χ0v) is 12.0. The number of hydrogen-bond acceptors (Lipinski definition) is 5. The Morgan fingerprint density at radius 3 is 2.23 bits per heavy atom. The van der Waals surface area contributed by atoms with Crippen LogP contribution >= 0.6 is 11.8 Å². The van der Waals surface area contributed by atoms with E-state index in [0.717, 1.165) is 24.3 Å². The van der Waals surface area contributed by atoms with Crippen LogP contribution in [0.25, 0.3) is 0 Å². The fraction of sp³-hybridized carbons (Fsp3) is 0.250. The van der Waals surface area contributed by atoms with E-state index < -0.39 is 29.5 Å². The molecule has 0 heterocycles. The summed E-state index contributed by atoms with van der Waals surface area (Å²) in [4.78, 5) is 33.4. The van der Waals surface area contributed by atoms with Crippen LogP contribution in [0.2, 0.25) is 0 Å². The van der Waals surface area contributed by atoms with E-state index in [1.54, 1.807) is 5.32 Å². The van der Waals surface area contributed by atoms with Crippen molar-refractivity contribution in [3.05, 3.63) is 29.8 Å². The topological polar surface area (TPSA) is 98.5 Å². The van der Waals surface area contributed by atoms with Gasteiger partial charge in [0.15, 0.2) is 6.10 Å². The predicted molar refractivity (Wildman–Crippen MR) is 71.0 cm³/mol. The third kappa shape index (κ3) is 6.04. The van der Waals surface area contributed by atoms with Crippen LogP contribution in [0, 0.1) is 0 Å². The van der Waals surface area contributed by atoms with Gasteiger partial charge in [0.25, 0.3) is 5.91 Å². The van der Waals surface area contributed by atoms with Crippen LogP contribution in [0.15, 0.2) is 29.2 Å². The maximum absolute atomic E-state index is 12.2. The highest BCUT2D eigenvalue weighted by Crippen LogP contribution is 2.36. The lowest BCUT2D eigenvalue weighted by Crippen LogP contribution is -2.42. The maximum atomic E-state index is 12.2. The first-order chi connectivity index (χ1) is 10.1. The Bertz CT molecular complexity index is 575. The van der Waals surface area contributed by atoms with Crippen molar-refractivity contribution in [2.75, 3.05) is 0 Å². The number of amides is 3. The molecule has 0 aromatic heterocycles. The predicted octanol–water partition coefficient (Wildman–Crippen LogP) is 2.04. The second kappa shape index (κ2) is 7.16. The summed E-state index contributed by atoms with van der Waals surface area (Å²) in [6.45, 7) is 1.21. The molecular weight excluding hydrogens is 325 g/mol. The smallest absolute Gasteiger partial charge is 0.446 e. The minimum atomic E-state index is -4.43. The quantitative estimate of drug-likeness (QED) is 0.647. The fourth-order valence-corrected chi connectivity index (χ4v) is 1.84. The lowest BCUT2D eigenvalue weighted by atomic mass is 10.2. The lowest BCUT2D eigenvalue weighted by molar-refractivity contribution is -0.127. The summed E-state index contributed by atoms with van der Waals surface area (Å²) in [7, 11) is 0. The van der Waals surface area contributed by atoms with Gasteiger partial charge in [-0.25, -0.2) is 9.59 Å². The Labute approximate surface area is 127 Å². The average molecular weight is 336 g/mol. The minimum Gasteiger partial charge on any atom is -0.449 e. The van der Waals surface area contributed by atoms with Crippen LogP contribution in [0.3, 0.4) is 0 Å². The number of nitrogens with one attached hydrogen (secondary N) is 1. The molecule has 6 nitrogen and oxygen atoms in total. The average Bonchev–Trinajstić information content (AvgIpc) is 2.36. The summed E-state index contributed by atoms with van der Waals surface area (Å²) in [5.41, 5.74) is 0.271. The number of ether oxygens (including phenoxy) is 1. The van der Waals surface area contributed by atoms with Gasteiger partial charge in [-0.1, -0.05) is 0 Å². The number of benzene rings is 1. The standard InChI is InChI=1S/C12H11F3N2O4S/c1-6(9(18)17-11(16)20)21-10(19)7-2-4-8(5-3-7)22-12(13,14)15/h2-6H,1H3,(H3,16,17,18,20)/t6-/m0/s1. The van der Waals surface area contributed by atoms with Gasteiger partial charge in [-0.2, -0.15) is 13.2 Å². The van der Waals surface area contributed by atoms with Gasteiger partial charge in [-0.15, -0.1) is 0 Å². The van der Waals surface area contributed by atoms with Crippen LogP contribution in [-0.4, -0.2) is 29.5 Å². The summed E-state index contributed by atoms with van der Waals surface area (Å²) in [5.74, 6) is -1.83. The van der Waals surface area contributed by atoms with Gasteiger partial charge < -0.3 is 10.5 Å². The molecule has 3 N–H and O–H groups in total. The Morgan fingerprint density at radius 2 is 1.77 bits per heavy atom. The molecule has 22 heavy (non-hydrogen) atoms. The zero-order valence-electron chi connectivity index (χ0n) is 11.1. The van der Waals surface area contributed by atoms with Crippen LogP contribution in [0.5, 0.6) is 0 Å². The summed E-state index contributed by atoms with van der Waals surface area (Å²) in [5, 5.41) is 1.73. The van der Waals surface area contributed by atoms with Gasteiger partial charge in [0.1, 0.15) is 0 Å². The Morgan fingerprint density at radius 1 is 1.23 bits per heavy atom. The van der Waals surface area contributed by atoms with Crippen LogP contribution < -0.4 is 11.1 Å². The van der Waals surface area contributed by atoms with E-state index in [4.69, 9.17) is 10.5 Å². The minimum absolute atomic E-state index is 0.0368. The van der Waals surface area contributed by atoms with Gasteiger partial charge in [0, 0.05) is 4.90 Å². The van der Waals surface area contributed by atoms with Crippen molar-refractivity contribution in [1.29, 1.82) is 0 Å². The summed E-state index contributed by atoms with van der Waals surface area (Å²) < 4.78 is 41.2. The normalized spacial score (nSPS) is 12.4. The van der Waals surface area contributed by atoms with Crippen LogP contribution in [0.1, 0.15) is 17.3 Å². The molecule has 0 aliphatic rings. The molecule has 0 saturated carbocycles. The largest absolute Gasteiger partial charge is 0.449 e. The second-order valence-corrected chi connectivity index (χ2v) is 5.11. The van der Waals surface area contributed by atoms with Crippen molar-refractivity contribution in [3.8, 4) is 0 Å². The number of urea groups is 1. The number of rotatable bonds is 4. The van der Waals surface area contributed by atoms with E-state index in [0.29, 0.717) is 0 Å². The lowest BCUT2D eigenvalue weighted by Gasteiger charge is -2.12.